The van der Waals surface area contributed by atoms with Crippen LogP contribution in [0.3, 0.4) is 0 Å². The highest BCUT2D eigenvalue weighted by molar-refractivity contribution is 7.71. The molecule has 0 unspecified atom stereocenters. The second kappa shape index (κ2) is 9.32. The van der Waals surface area contributed by atoms with Gasteiger partial charge >= 0.3 is 0 Å². The van der Waals surface area contributed by atoms with Crippen molar-refractivity contribution < 1.29 is 4.74 Å². The van der Waals surface area contributed by atoms with E-state index in [-0.39, 0.29) is 5.41 Å². The van der Waals surface area contributed by atoms with E-state index in [4.69, 9.17) is 17.0 Å². The van der Waals surface area contributed by atoms with Gasteiger partial charge in [0.15, 0.2) is 5.82 Å². The van der Waals surface area contributed by atoms with E-state index < -0.39 is 0 Å². The van der Waals surface area contributed by atoms with Crippen LogP contribution in [0.5, 0.6) is 5.75 Å². The summed E-state index contributed by atoms with van der Waals surface area (Å²) in [5.41, 5.74) is 4.33. The quantitative estimate of drug-likeness (QED) is 0.279. The van der Waals surface area contributed by atoms with Crippen LogP contribution in [0.4, 0.5) is 0 Å². The van der Waals surface area contributed by atoms with Gasteiger partial charge in [0.2, 0.25) is 4.77 Å². The van der Waals surface area contributed by atoms with Gasteiger partial charge in [0.05, 0.1) is 6.21 Å². The summed E-state index contributed by atoms with van der Waals surface area (Å²) in [6, 6.07) is 26.2. The average Bonchev–Trinajstić information content (AvgIpc) is 3.17. The third-order valence-corrected chi connectivity index (χ3v) is 5.35. The fourth-order valence-corrected chi connectivity index (χ4v) is 3.43. The molecule has 0 saturated heterocycles. The topological polar surface area (TPSA) is 55.2 Å². The zero-order valence-electron chi connectivity index (χ0n) is 18.4. The molecule has 5 nitrogen and oxygen atoms in total. The molecule has 4 rings (SSSR count). The van der Waals surface area contributed by atoms with Crippen LogP contribution < -0.4 is 4.74 Å². The van der Waals surface area contributed by atoms with Crippen LogP contribution in [0.25, 0.3) is 11.4 Å². The zero-order valence-corrected chi connectivity index (χ0v) is 19.3. The average molecular weight is 443 g/mol. The Kier molecular flexibility index (Phi) is 6.32. The summed E-state index contributed by atoms with van der Waals surface area (Å²) < 4.78 is 7.99. The molecule has 0 fully saturated rings. The molecule has 1 aromatic heterocycles. The van der Waals surface area contributed by atoms with Crippen molar-refractivity contribution in [2.24, 2.45) is 5.10 Å². The van der Waals surface area contributed by atoms with E-state index in [0.29, 0.717) is 17.2 Å². The molecule has 0 saturated carbocycles. The fraction of sp³-hybridized carbons (Fsp3) is 0.192. The van der Waals surface area contributed by atoms with Gasteiger partial charge in [0, 0.05) is 5.56 Å². The highest BCUT2D eigenvalue weighted by Gasteiger charge is 2.14. The lowest BCUT2D eigenvalue weighted by Gasteiger charge is -2.18. The van der Waals surface area contributed by atoms with Gasteiger partial charge in [-0.05, 0) is 46.5 Å². The molecular weight excluding hydrogens is 416 g/mol. The summed E-state index contributed by atoms with van der Waals surface area (Å²) in [4.78, 5) is 0. The van der Waals surface area contributed by atoms with Crippen molar-refractivity contribution in [1.29, 1.82) is 0 Å². The molecule has 0 aliphatic rings. The van der Waals surface area contributed by atoms with Gasteiger partial charge < -0.3 is 4.74 Å². The monoisotopic (exact) mass is 442 g/mol. The Morgan fingerprint density at radius 3 is 2.47 bits per heavy atom. The first kappa shape index (κ1) is 21.7. The third-order valence-electron chi connectivity index (χ3n) is 5.09. The second-order valence-electron chi connectivity index (χ2n) is 8.58. The van der Waals surface area contributed by atoms with Crippen molar-refractivity contribution in [3.8, 4) is 17.1 Å². The molecular formula is C26H26N4OS. The molecule has 162 valence electrons. The smallest absolute Gasteiger partial charge is 0.216 e. The lowest BCUT2D eigenvalue weighted by atomic mass is 9.87. The lowest BCUT2D eigenvalue weighted by molar-refractivity contribution is 0.306. The summed E-state index contributed by atoms with van der Waals surface area (Å²) in [6.45, 7) is 7.10. The van der Waals surface area contributed by atoms with E-state index in [1.807, 2.05) is 54.6 Å². The maximum Gasteiger partial charge on any atom is 0.216 e. The number of aromatic nitrogens is 3. The molecule has 0 aliphatic carbocycles. The molecule has 0 spiro atoms. The molecule has 32 heavy (non-hydrogen) atoms. The van der Waals surface area contributed by atoms with Crippen molar-refractivity contribution in [1.82, 2.24) is 14.9 Å². The van der Waals surface area contributed by atoms with Crippen LogP contribution in [0.15, 0.2) is 84.0 Å². The van der Waals surface area contributed by atoms with Crippen molar-refractivity contribution in [2.45, 2.75) is 32.8 Å². The van der Waals surface area contributed by atoms with Crippen molar-refractivity contribution >= 4 is 18.4 Å². The van der Waals surface area contributed by atoms with Gasteiger partial charge in [-0.3, -0.25) is 0 Å². The standard InChI is InChI=1S/C26H26N4OS/c1-26(2,3)22-14-12-21(13-15-22)24-28-29-25(32)30(24)27-17-20-10-7-11-23(16-20)31-18-19-8-5-4-6-9-19/h4-17H,18H2,1-3H3,(H,29,32). The maximum absolute atomic E-state index is 5.92. The Morgan fingerprint density at radius 1 is 1.00 bits per heavy atom. The van der Waals surface area contributed by atoms with Crippen LogP contribution in [-0.2, 0) is 12.0 Å². The number of rotatable bonds is 6. The number of hydrogen-bond donors (Lipinski definition) is 1. The molecule has 3 aromatic carbocycles. The van der Waals surface area contributed by atoms with E-state index in [0.717, 1.165) is 22.4 Å². The van der Waals surface area contributed by atoms with Gasteiger partial charge in [-0.2, -0.15) is 14.9 Å². The molecule has 0 aliphatic heterocycles. The minimum absolute atomic E-state index is 0.0923. The molecule has 1 N–H and O–H groups in total. The second-order valence-corrected chi connectivity index (χ2v) is 8.97. The van der Waals surface area contributed by atoms with Crippen LogP contribution in [-0.4, -0.2) is 21.1 Å². The Balaban J connectivity index is 1.53. The Hall–Kier alpha value is -3.51. The van der Waals surface area contributed by atoms with Crippen molar-refractivity contribution in [3.63, 3.8) is 0 Å². The molecule has 4 aromatic rings. The molecule has 0 radical (unpaired) electrons. The first-order valence-electron chi connectivity index (χ1n) is 10.5. The van der Waals surface area contributed by atoms with Gasteiger partial charge in [-0.15, -0.1) is 0 Å². The van der Waals surface area contributed by atoms with E-state index in [9.17, 15) is 0 Å². The number of benzene rings is 3. The summed E-state index contributed by atoms with van der Waals surface area (Å²) in [5.74, 6) is 1.45. The fourth-order valence-electron chi connectivity index (χ4n) is 3.25. The van der Waals surface area contributed by atoms with Crippen LogP contribution in [0.2, 0.25) is 0 Å². The summed E-state index contributed by atoms with van der Waals surface area (Å²) in [6.07, 6.45) is 1.76. The van der Waals surface area contributed by atoms with Crippen LogP contribution in [0.1, 0.15) is 37.5 Å². The minimum atomic E-state index is 0.0923. The highest BCUT2D eigenvalue weighted by Crippen LogP contribution is 2.25. The molecule has 0 atom stereocenters. The summed E-state index contributed by atoms with van der Waals surface area (Å²) in [5, 5.41) is 11.8. The number of nitrogens with one attached hydrogen (secondary N) is 1. The van der Waals surface area contributed by atoms with Gasteiger partial charge in [0.1, 0.15) is 12.4 Å². The first-order valence-corrected chi connectivity index (χ1v) is 10.9. The Bertz CT molecular complexity index is 1270. The predicted molar refractivity (Wildman–Crippen MR) is 132 cm³/mol. The van der Waals surface area contributed by atoms with Crippen molar-refractivity contribution in [3.05, 3.63) is 100 Å². The Labute approximate surface area is 193 Å². The first-order chi connectivity index (χ1) is 15.4. The van der Waals surface area contributed by atoms with E-state index in [2.05, 4.69) is 60.3 Å². The largest absolute Gasteiger partial charge is 0.489 e. The zero-order chi connectivity index (χ0) is 22.6. The summed E-state index contributed by atoms with van der Waals surface area (Å²) in [7, 11) is 0. The normalized spacial score (nSPS) is 11.7. The molecule has 6 heteroatoms. The van der Waals surface area contributed by atoms with E-state index in [1.54, 1.807) is 10.9 Å². The minimum Gasteiger partial charge on any atom is -0.489 e. The van der Waals surface area contributed by atoms with Crippen LogP contribution in [0, 0.1) is 4.77 Å². The predicted octanol–water partition coefficient (Wildman–Crippen LogP) is 6.37. The SMILES string of the molecule is CC(C)(C)c1ccc(-c2n[nH]c(=S)n2N=Cc2cccc(OCc3ccccc3)c2)cc1. The van der Waals surface area contributed by atoms with Gasteiger partial charge in [0.25, 0.3) is 0 Å². The molecule has 1 heterocycles. The number of aromatic amines is 1. The Morgan fingerprint density at radius 2 is 1.75 bits per heavy atom. The third kappa shape index (κ3) is 5.21. The number of H-pyrrole nitrogens is 1. The number of ether oxygens (including phenoxy) is 1. The number of hydrogen-bond acceptors (Lipinski definition) is 4. The van der Waals surface area contributed by atoms with E-state index in [1.165, 1.54) is 5.56 Å². The van der Waals surface area contributed by atoms with E-state index >= 15 is 0 Å². The lowest BCUT2D eigenvalue weighted by Crippen LogP contribution is -2.10. The number of nitrogens with zero attached hydrogens (tertiary/aromatic N) is 3. The van der Waals surface area contributed by atoms with Crippen LogP contribution >= 0.6 is 12.2 Å². The molecule has 0 bridgehead atoms. The maximum atomic E-state index is 5.92. The summed E-state index contributed by atoms with van der Waals surface area (Å²) >= 11 is 5.40. The van der Waals surface area contributed by atoms with Crippen molar-refractivity contribution in [2.75, 3.05) is 0 Å². The molecule has 0 amide bonds. The highest BCUT2D eigenvalue weighted by atomic mass is 32.1. The van der Waals surface area contributed by atoms with Gasteiger partial charge in [-0.25, -0.2) is 5.10 Å². The van der Waals surface area contributed by atoms with Gasteiger partial charge in [-0.1, -0.05) is 87.5 Å².